The zero-order valence-electron chi connectivity index (χ0n) is 13.7. The Labute approximate surface area is 139 Å². The van der Waals surface area contributed by atoms with Crippen LogP contribution in [0.3, 0.4) is 0 Å². The molecule has 0 spiro atoms. The monoisotopic (exact) mass is 348 g/mol. The van der Waals surface area contributed by atoms with Gasteiger partial charge in [-0.05, 0) is 42.5 Å². The first kappa shape index (κ1) is 20.1. The van der Waals surface area contributed by atoms with Crippen LogP contribution in [-0.2, 0) is 0 Å². The Morgan fingerprint density at radius 3 is 2.38 bits per heavy atom. The summed E-state index contributed by atoms with van der Waals surface area (Å²) in [7, 11) is 0. The van der Waals surface area contributed by atoms with Crippen molar-refractivity contribution in [3.63, 3.8) is 0 Å². The zero-order chi connectivity index (χ0) is 18.2. The molecule has 3 N–H and O–H groups in total. The second kappa shape index (κ2) is 8.77. The van der Waals surface area contributed by atoms with Crippen LogP contribution < -0.4 is 15.4 Å². The molecule has 0 unspecified atom stereocenters. The highest BCUT2D eigenvalue weighted by atomic mass is 19.4. The minimum atomic E-state index is -4.39. The number of ether oxygens (including phenoxy) is 1. The molecule has 0 saturated heterocycles. The Morgan fingerprint density at radius 2 is 1.83 bits per heavy atom. The second-order valence-electron chi connectivity index (χ2n) is 6.24. The average Bonchev–Trinajstić information content (AvgIpc) is 2.50. The van der Waals surface area contributed by atoms with Gasteiger partial charge in [0.05, 0.1) is 0 Å². The highest BCUT2D eigenvalue weighted by molar-refractivity contribution is 5.89. The number of anilines is 1. The van der Waals surface area contributed by atoms with Gasteiger partial charge in [-0.2, -0.15) is 13.2 Å². The van der Waals surface area contributed by atoms with Crippen molar-refractivity contribution in [2.24, 2.45) is 5.41 Å². The van der Waals surface area contributed by atoms with Crippen molar-refractivity contribution in [3.05, 3.63) is 24.3 Å². The number of alkyl halides is 3. The molecule has 1 aromatic rings. The Bertz CT molecular complexity index is 516. The number of carbonyl (C=O) groups excluding carboxylic acids is 1. The minimum absolute atomic E-state index is 0.0736. The van der Waals surface area contributed by atoms with E-state index in [1.807, 2.05) is 13.8 Å². The fraction of sp³-hybridized carbons (Fsp3) is 0.562. The van der Waals surface area contributed by atoms with Gasteiger partial charge in [0.1, 0.15) is 5.75 Å². The first-order valence-corrected chi connectivity index (χ1v) is 7.57. The van der Waals surface area contributed by atoms with Gasteiger partial charge >= 0.3 is 12.2 Å². The quantitative estimate of drug-likeness (QED) is 0.629. The molecule has 24 heavy (non-hydrogen) atoms. The van der Waals surface area contributed by atoms with E-state index in [2.05, 4.69) is 15.4 Å². The van der Waals surface area contributed by atoms with Gasteiger partial charge in [0.2, 0.25) is 0 Å². The molecule has 136 valence electrons. The topological polar surface area (TPSA) is 70.6 Å². The SMILES string of the molecule is CC(C)(CO)CCCNC(=O)Nc1ccc(OCC(F)(F)F)cc1. The number of hydrogen-bond acceptors (Lipinski definition) is 3. The van der Waals surface area contributed by atoms with Gasteiger partial charge in [-0.3, -0.25) is 0 Å². The van der Waals surface area contributed by atoms with E-state index < -0.39 is 18.8 Å². The molecule has 0 heterocycles. The molecule has 0 aliphatic carbocycles. The number of amides is 2. The molecule has 1 rings (SSSR count). The lowest BCUT2D eigenvalue weighted by Gasteiger charge is -2.21. The van der Waals surface area contributed by atoms with Gasteiger partial charge in [0, 0.05) is 18.8 Å². The van der Waals surface area contributed by atoms with Crippen LogP contribution in [0.15, 0.2) is 24.3 Å². The lowest BCUT2D eigenvalue weighted by Crippen LogP contribution is -2.30. The Hall–Kier alpha value is -1.96. The molecule has 0 aliphatic rings. The minimum Gasteiger partial charge on any atom is -0.484 e. The van der Waals surface area contributed by atoms with Crippen molar-refractivity contribution >= 4 is 11.7 Å². The highest BCUT2D eigenvalue weighted by Gasteiger charge is 2.28. The van der Waals surface area contributed by atoms with Gasteiger partial charge in [-0.25, -0.2) is 4.79 Å². The molecule has 5 nitrogen and oxygen atoms in total. The van der Waals surface area contributed by atoms with Crippen LogP contribution in [0.1, 0.15) is 26.7 Å². The number of urea groups is 1. The van der Waals surface area contributed by atoms with E-state index in [1.165, 1.54) is 24.3 Å². The van der Waals surface area contributed by atoms with Crippen molar-refractivity contribution in [3.8, 4) is 5.75 Å². The second-order valence-corrected chi connectivity index (χ2v) is 6.24. The molecule has 0 aromatic heterocycles. The van der Waals surface area contributed by atoms with E-state index >= 15 is 0 Å². The zero-order valence-corrected chi connectivity index (χ0v) is 13.7. The lowest BCUT2D eigenvalue weighted by molar-refractivity contribution is -0.153. The van der Waals surface area contributed by atoms with Crippen LogP contribution in [0.5, 0.6) is 5.75 Å². The van der Waals surface area contributed by atoms with Crippen LogP contribution in [0.4, 0.5) is 23.7 Å². The first-order valence-electron chi connectivity index (χ1n) is 7.57. The molecule has 0 fully saturated rings. The number of rotatable bonds is 8. The maximum absolute atomic E-state index is 12.0. The molecular formula is C16H23F3N2O3. The van der Waals surface area contributed by atoms with Gasteiger partial charge in [-0.1, -0.05) is 13.8 Å². The van der Waals surface area contributed by atoms with Crippen LogP contribution >= 0.6 is 0 Å². The molecule has 2 amide bonds. The Morgan fingerprint density at radius 1 is 1.21 bits per heavy atom. The van der Waals surface area contributed by atoms with E-state index in [1.54, 1.807) is 0 Å². The summed E-state index contributed by atoms with van der Waals surface area (Å²) in [5.74, 6) is 0.0736. The number of hydrogen-bond donors (Lipinski definition) is 3. The summed E-state index contributed by atoms with van der Waals surface area (Å²) in [6.45, 7) is 3.07. The molecular weight excluding hydrogens is 325 g/mol. The number of nitrogens with one attached hydrogen (secondary N) is 2. The van der Waals surface area contributed by atoms with Crippen LogP contribution in [0.25, 0.3) is 0 Å². The van der Waals surface area contributed by atoms with E-state index in [9.17, 15) is 18.0 Å². The van der Waals surface area contributed by atoms with E-state index in [0.29, 0.717) is 12.2 Å². The maximum Gasteiger partial charge on any atom is 0.422 e. The molecule has 0 saturated carbocycles. The van der Waals surface area contributed by atoms with E-state index in [4.69, 9.17) is 5.11 Å². The van der Waals surface area contributed by atoms with Crippen molar-refractivity contribution in [2.45, 2.75) is 32.9 Å². The summed E-state index contributed by atoms with van der Waals surface area (Å²) in [6.07, 6.45) is -2.89. The predicted octanol–water partition coefficient (Wildman–Crippen LogP) is 3.55. The number of aliphatic hydroxyl groups is 1. The van der Waals surface area contributed by atoms with Gasteiger partial charge in [0.15, 0.2) is 6.61 Å². The summed E-state index contributed by atoms with van der Waals surface area (Å²) >= 11 is 0. The summed E-state index contributed by atoms with van der Waals surface area (Å²) in [5.41, 5.74) is 0.271. The normalized spacial score (nSPS) is 11.9. The van der Waals surface area contributed by atoms with Crippen molar-refractivity contribution in [2.75, 3.05) is 25.1 Å². The summed E-state index contributed by atoms with van der Waals surface area (Å²) in [6, 6.07) is 5.22. The Kier molecular flexibility index (Phi) is 7.34. The third-order valence-corrected chi connectivity index (χ3v) is 3.26. The molecule has 8 heteroatoms. The fourth-order valence-corrected chi connectivity index (χ4v) is 1.82. The number of aliphatic hydroxyl groups excluding tert-OH is 1. The number of halogens is 3. The summed E-state index contributed by atoms with van der Waals surface area (Å²) in [5, 5.41) is 14.4. The first-order chi connectivity index (χ1) is 11.1. The van der Waals surface area contributed by atoms with E-state index in [-0.39, 0.29) is 17.8 Å². The molecule has 0 radical (unpaired) electrons. The molecule has 1 aromatic carbocycles. The maximum atomic E-state index is 12.0. The highest BCUT2D eigenvalue weighted by Crippen LogP contribution is 2.21. The predicted molar refractivity (Wildman–Crippen MR) is 85.1 cm³/mol. The lowest BCUT2D eigenvalue weighted by atomic mass is 9.89. The average molecular weight is 348 g/mol. The van der Waals surface area contributed by atoms with Gasteiger partial charge < -0.3 is 20.5 Å². The van der Waals surface area contributed by atoms with Crippen LogP contribution in [0.2, 0.25) is 0 Å². The summed E-state index contributed by atoms with van der Waals surface area (Å²) in [4.78, 5) is 11.7. The van der Waals surface area contributed by atoms with Gasteiger partial charge in [0.25, 0.3) is 0 Å². The van der Waals surface area contributed by atoms with Crippen molar-refractivity contribution in [1.29, 1.82) is 0 Å². The molecule has 0 bridgehead atoms. The Balaban J connectivity index is 2.32. The standard InChI is InChI=1S/C16H23F3N2O3/c1-15(2,10-22)8-3-9-20-14(23)21-12-4-6-13(7-5-12)24-11-16(17,18)19/h4-7,22H,3,8-11H2,1-2H3,(H2,20,21,23). The molecule has 0 aliphatic heterocycles. The van der Waals surface area contributed by atoms with Crippen molar-refractivity contribution < 1.29 is 27.8 Å². The number of carbonyl (C=O) groups is 1. The third-order valence-electron chi connectivity index (χ3n) is 3.26. The van der Waals surface area contributed by atoms with E-state index in [0.717, 1.165) is 12.8 Å². The summed E-state index contributed by atoms with van der Waals surface area (Å²) < 4.78 is 40.7. The molecule has 0 atom stereocenters. The van der Waals surface area contributed by atoms with Gasteiger partial charge in [-0.15, -0.1) is 0 Å². The smallest absolute Gasteiger partial charge is 0.422 e. The third kappa shape index (κ3) is 8.61. The van der Waals surface area contributed by atoms with Crippen LogP contribution in [-0.4, -0.2) is 37.1 Å². The van der Waals surface area contributed by atoms with Crippen molar-refractivity contribution in [1.82, 2.24) is 5.32 Å². The fourth-order valence-electron chi connectivity index (χ4n) is 1.82. The van der Waals surface area contributed by atoms with Crippen LogP contribution in [0, 0.1) is 5.41 Å². The largest absolute Gasteiger partial charge is 0.484 e. The number of benzene rings is 1.